The Morgan fingerprint density at radius 3 is 1.20 bits per heavy atom. The fourth-order valence-corrected chi connectivity index (χ4v) is 8.25. The average Bonchev–Trinajstić information content (AvgIpc) is 3.25. The van der Waals surface area contributed by atoms with Crippen LogP contribution >= 0.6 is 7.82 Å². The van der Waals surface area contributed by atoms with Crippen LogP contribution in [-0.4, -0.2) is 65.7 Å². The number of hydrogen-bond acceptors (Lipinski definition) is 9. The molecule has 0 aromatic carbocycles. The van der Waals surface area contributed by atoms with Crippen LogP contribution in [0.5, 0.6) is 0 Å². The van der Waals surface area contributed by atoms with E-state index in [-0.39, 0.29) is 19.4 Å². The number of unbranched alkanes of at least 4 members (excludes halogenated alkanes) is 33. The largest absolute Gasteiger partial charge is 0.472 e. The first-order valence-corrected chi connectivity index (χ1v) is 27.1. The van der Waals surface area contributed by atoms with Crippen molar-refractivity contribution in [1.82, 2.24) is 0 Å². The van der Waals surface area contributed by atoms with Crippen molar-refractivity contribution < 1.29 is 47.8 Å². The minimum atomic E-state index is -4.62. The van der Waals surface area contributed by atoms with Gasteiger partial charge in [-0.1, -0.05) is 219 Å². The summed E-state index contributed by atoms with van der Waals surface area (Å²) in [5, 5.41) is 18.4. The molecule has 0 aliphatic rings. The monoisotopic (exact) mass is 889 g/mol. The summed E-state index contributed by atoms with van der Waals surface area (Å²) in [6.45, 7) is 2.42. The van der Waals surface area contributed by atoms with Gasteiger partial charge in [-0.05, 0) is 38.5 Å². The molecule has 0 radical (unpaired) electrons. The molecule has 0 heterocycles. The highest BCUT2D eigenvalue weighted by atomic mass is 31.2. The zero-order valence-corrected chi connectivity index (χ0v) is 40.5. The van der Waals surface area contributed by atoms with Crippen molar-refractivity contribution in [3.05, 3.63) is 12.2 Å². The summed E-state index contributed by atoms with van der Waals surface area (Å²) in [6.07, 6.45) is 47.6. The highest BCUT2D eigenvalue weighted by Gasteiger charge is 2.27. The molecule has 0 fully saturated rings. The smallest absolute Gasteiger partial charge is 0.462 e. The lowest BCUT2D eigenvalue weighted by Crippen LogP contribution is -2.29. The summed E-state index contributed by atoms with van der Waals surface area (Å²) in [5.74, 6) is -0.927. The molecule has 3 atom stereocenters. The summed E-state index contributed by atoms with van der Waals surface area (Å²) in [5.41, 5.74) is 0. The van der Waals surface area contributed by atoms with Gasteiger partial charge in [0.1, 0.15) is 12.7 Å². The maximum atomic E-state index is 12.6. The van der Waals surface area contributed by atoms with Crippen molar-refractivity contribution in [2.24, 2.45) is 0 Å². The maximum Gasteiger partial charge on any atom is 0.472 e. The van der Waals surface area contributed by atoms with Crippen LogP contribution in [0.1, 0.15) is 258 Å². The number of hydrogen-bond donors (Lipinski definition) is 3. The first-order chi connectivity index (χ1) is 29.7. The molecule has 0 spiro atoms. The zero-order chi connectivity index (χ0) is 44.8. The topological polar surface area (TPSA) is 149 Å². The van der Waals surface area contributed by atoms with Crippen LogP contribution in [0.2, 0.25) is 0 Å². The van der Waals surface area contributed by atoms with Crippen molar-refractivity contribution in [3.8, 4) is 0 Å². The molecule has 3 N–H and O–H groups in total. The Morgan fingerprint density at radius 1 is 0.475 bits per heavy atom. The Hall–Kier alpha value is -1.29. The van der Waals surface area contributed by atoms with Crippen LogP contribution in [0.3, 0.4) is 0 Å². The lowest BCUT2D eigenvalue weighted by molar-refractivity contribution is -0.161. The van der Waals surface area contributed by atoms with Gasteiger partial charge in [0, 0.05) is 12.8 Å². The fourth-order valence-electron chi connectivity index (χ4n) is 7.46. The standard InChI is InChI=1S/C50H97O10P/c1-3-5-7-9-11-13-15-17-19-20-21-22-23-24-25-26-28-29-31-33-35-37-39-41-49(53)57-45-48(46-59-61(55,56)58-44-47(52)43-51)60-50(54)42-40-38-36-34-32-30-27-18-16-14-12-10-8-6-4-2/h30,32,47-48,51-52H,3-29,31,33-46H2,1-2H3,(H,55,56)/b32-30+/t47-,48+/m1/s1. The number of phosphoric acid groups is 1. The molecular weight excluding hydrogens is 792 g/mol. The number of carbonyl (C=O) groups is 2. The molecule has 0 aliphatic carbocycles. The molecule has 0 saturated carbocycles. The summed E-state index contributed by atoms with van der Waals surface area (Å²) < 4.78 is 32.8. The van der Waals surface area contributed by atoms with Crippen LogP contribution in [-0.2, 0) is 32.7 Å². The molecule has 362 valence electrons. The Balaban J connectivity index is 4.11. The molecule has 0 rings (SSSR count). The quantitative estimate of drug-likeness (QED) is 0.0233. The van der Waals surface area contributed by atoms with E-state index in [2.05, 4.69) is 26.0 Å². The van der Waals surface area contributed by atoms with Crippen molar-refractivity contribution in [2.45, 2.75) is 270 Å². The van der Waals surface area contributed by atoms with E-state index in [1.165, 1.54) is 173 Å². The third-order valence-electron chi connectivity index (χ3n) is 11.4. The molecule has 61 heavy (non-hydrogen) atoms. The van der Waals surface area contributed by atoms with Gasteiger partial charge in [-0.15, -0.1) is 0 Å². The van der Waals surface area contributed by atoms with Gasteiger partial charge in [-0.25, -0.2) is 4.57 Å². The maximum absolute atomic E-state index is 12.6. The van der Waals surface area contributed by atoms with Crippen molar-refractivity contribution in [2.75, 3.05) is 26.4 Å². The highest BCUT2D eigenvalue weighted by molar-refractivity contribution is 7.47. The number of aliphatic hydroxyl groups is 2. The van der Waals surface area contributed by atoms with Gasteiger partial charge >= 0.3 is 19.8 Å². The first-order valence-electron chi connectivity index (χ1n) is 25.6. The second kappa shape index (κ2) is 46.7. The molecular formula is C50H97O10P. The minimum Gasteiger partial charge on any atom is -0.462 e. The summed E-state index contributed by atoms with van der Waals surface area (Å²) >= 11 is 0. The lowest BCUT2D eigenvalue weighted by Gasteiger charge is -2.20. The Morgan fingerprint density at radius 2 is 0.803 bits per heavy atom. The number of carbonyl (C=O) groups excluding carboxylic acids is 2. The van der Waals surface area contributed by atoms with E-state index >= 15 is 0 Å². The first kappa shape index (κ1) is 59.7. The summed E-state index contributed by atoms with van der Waals surface area (Å²) in [4.78, 5) is 35.1. The predicted octanol–water partition coefficient (Wildman–Crippen LogP) is 14.3. The molecule has 0 amide bonds. The lowest BCUT2D eigenvalue weighted by atomic mass is 10.0. The van der Waals surface area contributed by atoms with Crippen molar-refractivity contribution in [3.63, 3.8) is 0 Å². The number of rotatable bonds is 49. The van der Waals surface area contributed by atoms with Gasteiger partial charge in [0.2, 0.25) is 0 Å². The molecule has 10 nitrogen and oxygen atoms in total. The van der Waals surface area contributed by atoms with Crippen LogP contribution in [0, 0.1) is 0 Å². The van der Waals surface area contributed by atoms with E-state index in [0.29, 0.717) is 12.8 Å². The SMILES string of the molecule is CCCCCCCCCC/C=C/CCCCCC(=O)O[C@@H](COC(=O)CCCCCCCCCCCCCCCCCCCCCCCCC)COP(=O)(O)OC[C@H](O)CO. The van der Waals surface area contributed by atoms with Gasteiger partial charge in [-0.3, -0.25) is 18.6 Å². The van der Waals surface area contributed by atoms with Crippen LogP contribution < -0.4 is 0 Å². The van der Waals surface area contributed by atoms with Gasteiger partial charge in [-0.2, -0.15) is 0 Å². The van der Waals surface area contributed by atoms with E-state index in [1.807, 2.05) is 0 Å². The Bertz CT molecular complexity index is 1020. The fraction of sp³-hybridized carbons (Fsp3) is 0.920. The number of phosphoric ester groups is 1. The van der Waals surface area contributed by atoms with Gasteiger partial charge in [0.05, 0.1) is 19.8 Å². The molecule has 0 bridgehead atoms. The van der Waals surface area contributed by atoms with Crippen LogP contribution in [0.4, 0.5) is 0 Å². The van der Waals surface area contributed by atoms with E-state index in [4.69, 9.17) is 23.6 Å². The third kappa shape index (κ3) is 46.5. The number of aliphatic hydroxyl groups excluding tert-OH is 2. The summed E-state index contributed by atoms with van der Waals surface area (Å²) in [6, 6.07) is 0. The zero-order valence-electron chi connectivity index (χ0n) is 39.7. The van der Waals surface area contributed by atoms with Crippen molar-refractivity contribution >= 4 is 19.8 Å². The number of ether oxygens (including phenoxy) is 2. The molecule has 0 aliphatic heterocycles. The van der Waals surface area contributed by atoms with E-state index < -0.39 is 51.8 Å². The Labute approximate surface area is 375 Å². The average molecular weight is 889 g/mol. The summed E-state index contributed by atoms with van der Waals surface area (Å²) in [7, 11) is -4.62. The molecule has 0 aromatic rings. The van der Waals surface area contributed by atoms with Crippen LogP contribution in [0.25, 0.3) is 0 Å². The van der Waals surface area contributed by atoms with E-state index in [0.717, 1.165) is 44.9 Å². The molecule has 1 unspecified atom stereocenters. The second-order valence-corrected chi connectivity index (χ2v) is 19.0. The highest BCUT2D eigenvalue weighted by Crippen LogP contribution is 2.43. The molecule has 11 heteroatoms. The Kier molecular flexibility index (Phi) is 45.7. The number of esters is 2. The van der Waals surface area contributed by atoms with Gasteiger partial charge in [0.25, 0.3) is 0 Å². The van der Waals surface area contributed by atoms with Crippen LogP contribution in [0.15, 0.2) is 12.2 Å². The molecule has 0 aromatic heterocycles. The van der Waals surface area contributed by atoms with Crippen molar-refractivity contribution in [1.29, 1.82) is 0 Å². The predicted molar refractivity (Wildman–Crippen MR) is 252 cm³/mol. The van der Waals surface area contributed by atoms with Gasteiger partial charge in [0.15, 0.2) is 6.10 Å². The normalized spacial score (nSPS) is 13.7. The van der Waals surface area contributed by atoms with E-state index in [9.17, 15) is 24.2 Å². The minimum absolute atomic E-state index is 0.169. The molecule has 0 saturated heterocycles. The third-order valence-corrected chi connectivity index (χ3v) is 12.4. The number of allylic oxidation sites excluding steroid dienone is 2. The second-order valence-electron chi connectivity index (χ2n) is 17.6. The van der Waals surface area contributed by atoms with Gasteiger partial charge < -0.3 is 24.6 Å². The van der Waals surface area contributed by atoms with E-state index in [1.54, 1.807) is 0 Å².